The largest absolute Gasteiger partial charge is 0.465 e. The molecule has 2 aromatic rings. The van der Waals surface area contributed by atoms with Crippen molar-refractivity contribution >= 4 is 11.3 Å². The van der Waals surface area contributed by atoms with E-state index in [0.29, 0.717) is 0 Å². The highest BCUT2D eigenvalue weighted by molar-refractivity contribution is 7.11. The fraction of sp³-hybridized carbons (Fsp3) is 0.533. The van der Waals surface area contributed by atoms with Crippen LogP contribution in [0.4, 0.5) is 0 Å². The van der Waals surface area contributed by atoms with Gasteiger partial charge in [0.2, 0.25) is 0 Å². The molecule has 104 valence electrons. The molecule has 0 radical (unpaired) electrons. The van der Waals surface area contributed by atoms with E-state index in [1.54, 1.807) is 11.3 Å². The van der Waals surface area contributed by atoms with Gasteiger partial charge in [0.25, 0.3) is 0 Å². The number of aryl methyl sites for hydroxylation is 1. The van der Waals surface area contributed by atoms with Crippen LogP contribution in [0.15, 0.2) is 22.7 Å². The van der Waals surface area contributed by atoms with Gasteiger partial charge in [0.1, 0.15) is 11.5 Å². The number of rotatable bonds is 4. The van der Waals surface area contributed by atoms with E-state index in [2.05, 4.69) is 38.0 Å². The number of furan rings is 1. The molecule has 0 aliphatic rings. The van der Waals surface area contributed by atoms with Crippen LogP contribution in [0.2, 0.25) is 0 Å². The van der Waals surface area contributed by atoms with E-state index >= 15 is 0 Å². The fourth-order valence-corrected chi connectivity index (χ4v) is 2.70. The topological polar surface area (TPSA) is 38.1 Å². The van der Waals surface area contributed by atoms with Gasteiger partial charge in [0.15, 0.2) is 0 Å². The van der Waals surface area contributed by atoms with E-state index in [1.807, 2.05) is 25.3 Å². The summed E-state index contributed by atoms with van der Waals surface area (Å²) in [5.41, 5.74) is 0.132. The number of hydrogen-bond donors (Lipinski definition) is 1. The third-order valence-corrected chi connectivity index (χ3v) is 4.39. The molecule has 0 amide bonds. The van der Waals surface area contributed by atoms with Crippen LogP contribution < -0.4 is 5.32 Å². The molecule has 0 saturated heterocycles. The smallest absolute Gasteiger partial charge is 0.120 e. The zero-order chi connectivity index (χ0) is 14.0. The maximum Gasteiger partial charge on any atom is 0.120 e. The summed E-state index contributed by atoms with van der Waals surface area (Å²) >= 11 is 1.78. The highest BCUT2D eigenvalue weighted by Gasteiger charge is 2.18. The maximum absolute atomic E-state index is 5.62. The summed E-state index contributed by atoms with van der Waals surface area (Å²) in [6.45, 7) is 11.5. The van der Waals surface area contributed by atoms with Crippen molar-refractivity contribution < 1.29 is 4.42 Å². The van der Waals surface area contributed by atoms with Gasteiger partial charge in [-0.3, -0.25) is 0 Å². The second-order valence-electron chi connectivity index (χ2n) is 5.93. The molecule has 2 aromatic heterocycles. The summed E-state index contributed by atoms with van der Waals surface area (Å²) in [6.07, 6.45) is 1.97. The number of hydrogen-bond acceptors (Lipinski definition) is 4. The minimum absolute atomic E-state index is 0.132. The predicted octanol–water partition coefficient (Wildman–Crippen LogP) is 4.19. The molecule has 2 heterocycles. The summed E-state index contributed by atoms with van der Waals surface area (Å²) < 4.78 is 5.62. The lowest BCUT2D eigenvalue weighted by molar-refractivity contribution is 0.416. The Bertz CT molecular complexity index is 536. The van der Waals surface area contributed by atoms with E-state index in [-0.39, 0.29) is 11.5 Å². The van der Waals surface area contributed by atoms with Crippen LogP contribution in [-0.4, -0.2) is 4.98 Å². The molecular weight excluding hydrogens is 256 g/mol. The Hall–Kier alpha value is -1.13. The molecule has 1 N–H and O–H groups in total. The van der Waals surface area contributed by atoms with Crippen LogP contribution in [-0.2, 0) is 12.0 Å². The van der Waals surface area contributed by atoms with Crippen molar-refractivity contribution in [3.63, 3.8) is 0 Å². The first-order valence-electron chi connectivity index (χ1n) is 6.61. The quantitative estimate of drug-likeness (QED) is 0.911. The van der Waals surface area contributed by atoms with Gasteiger partial charge in [-0.05, 0) is 26.0 Å². The molecule has 3 nitrogen and oxygen atoms in total. The molecule has 0 spiro atoms. The van der Waals surface area contributed by atoms with Gasteiger partial charge in [-0.25, -0.2) is 4.98 Å². The van der Waals surface area contributed by atoms with Crippen molar-refractivity contribution in [2.75, 3.05) is 0 Å². The van der Waals surface area contributed by atoms with Gasteiger partial charge >= 0.3 is 0 Å². The van der Waals surface area contributed by atoms with E-state index in [0.717, 1.165) is 18.1 Å². The van der Waals surface area contributed by atoms with Crippen molar-refractivity contribution in [2.45, 2.75) is 52.6 Å². The second-order valence-corrected chi connectivity index (χ2v) is 7.05. The van der Waals surface area contributed by atoms with Gasteiger partial charge in [-0.2, -0.15) is 0 Å². The third kappa shape index (κ3) is 3.67. The maximum atomic E-state index is 5.62. The van der Waals surface area contributed by atoms with Gasteiger partial charge in [-0.15, -0.1) is 11.3 Å². The van der Waals surface area contributed by atoms with Crippen LogP contribution in [0.3, 0.4) is 0 Å². The lowest BCUT2D eigenvalue weighted by Crippen LogP contribution is -2.16. The monoisotopic (exact) mass is 278 g/mol. The Kier molecular flexibility index (Phi) is 4.11. The standard InChI is InChI=1S/C15H22N2OS/c1-10-6-7-13(18-10)11(2)16-8-12-9-17-14(19-12)15(3,4)5/h6-7,9,11,16H,8H2,1-5H3. The van der Waals surface area contributed by atoms with Crippen molar-refractivity contribution in [1.82, 2.24) is 10.3 Å². The van der Waals surface area contributed by atoms with Crippen molar-refractivity contribution in [1.29, 1.82) is 0 Å². The SMILES string of the molecule is Cc1ccc(C(C)NCc2cnc(C(C)(C)C)s2)o1. The number of nitrogens with zero attached hydrogens (tertiary/aromatic N) is 1. The Morgan fingerprint density at radius 2 is 2.11 bits per heavy atom. The summed E-state index contributed by atoms with van der Waals surface area (Å²) in [5.74, 6) is 1.94. The molecule has 0 aliphatic carbocycles. The summed E-state index contributed by atoms with van der Waals surface area (Å²) in [7, 11) is 0. The number of thiazole rings is 1. The summed E-state index contributed by atoms with van der Waals surface area (Å²) in [4.78, 5) is 5.76. The average Bonchev–Trinajstić information content (AvgIpc) is 2.93. The molecule has 0 aromatic carbocycles. The zero-order valence-corrected chi connectivity index (χ0v) is 13.1. The Morgan fingerprint density at radius 1 is 1.37 bits per heavy atom. The second kappa shape index (κ2) is 5.47. The molecule has 19 heavy (non-hydrogen) atoms. The molecule has 1 unspecified atom stereocenters. The Morgan fingerprint density at radius 3 is 2.63 bits per heavy atom. The van der Waals surface area contributed by atoms with Gasteiger partial charge in [-0.1, -0.05) is 20.8 Å². The first kappa shape index (κ1) is 14.3. The molecule has 0 bridgehead atoms. The average molecular weight is 278 g/mol. The molecular formula is C15H22N2OS. The lowest BCUT2D eigenvalue weighted by Gasteiger charge is -2.13. The van der Waals surface area contributed by atoms with Crippen LogP contribution in [0, 0.1) is 6.92 Å². The lowest BCUT2D eigenvalue weighted by atomic mass is 9.98. The van der Waals surface area contributed by atoms with Crippen LogP contribution in [0.5, 0.6) is 0 Å². The predicted molar refractivity (Wildman–Crippen MR) is 79.5 cm³/mol. The molecule has 0 fully saturated rings. The van der Waals surface area contributed by atoms with Crippen LogP contribution >= 0.6 is 11.3 Å². The van der Waals surface area contributed by atoms with Crippen LogP contribution in [0.25, 0.3) is 0 Å². The van der Waals surface area contributed by atoms with Crippen molar-refractivity contribution in [2.24, 2.45) is 0 Å². The molecule has 0 aliphatic heterocycles. The Balaban J connectivity index is 1.94. The minimum Gasteiger partial charge on any atom is -0.465 e. The first-order chi connectivity index (χ1) is 8.86. The number of aromatic nitrogens is 1. The summed E-state index contributed by atoms with van der Waals surface area (Å²) in [6, 6.07) is 4.24. The zero-order valence-electron chi connectivity index (χ0n) is 12.3. The van der Waals surface area contributed by atoms with Crippen LogP contribution in [0.1, 0.15) is 55.1 Å². The summed E-state index contributed by atoms with van der Waals surface area (Å²) in [5, 5.41) is 4.66. The highest BCUT2D eigenvalue weighted by atomic mass is 32.1. The normalized spacial score (nSPS) is 13.7. The molecule has 4 heteroatoms. The minimum atomic E-state index is 0.132. The molecule has 0 saturated carbocycles. The van der Waals surface area contributed by atoms with Crippen molar-refractivity contribution in [3.05, 3.63) is 39.7 Å². The highest BCUT2D eigenvalue weighted by Crippen LogP contribution is 2.27. The van der Waals surface area contributed by atoms with Gasteiger partial charge in [0.05, 0.1) is 11.0 Å². The molecule has 2 rings (SSSR count). The van der Waals surface area contributed by atoms with E-state index in [9.17, 15) is 0 Å². The van der Waals surface area contributed by atoms with Crippen molar-refractivity contribution in [3.8, 4) is 0 Å². The molecule has 1 atom stereocenters. The third-order valence-electron chi connectivity index (χ3n) is 2.97. The van der Waals surface area contributed by atoms with Gasteiger partial charge < -0.3 is 9.73 Å². The van der Waals surface area contributed by atoms with Gasteiger partial charge in [0, 0.05) is 23.0 Å². The van der Waals surface area contributed by atoms with E-state index in [1.165, 1.54) is 9.88 Å². The first-order valence-corrected chi connectivity index (χ1v) is 7.43. The van der Waals surface area contributed by atoms with E-state index < -0.39 is 0 Å². The fourth-order valence-electron chi connectivity index (χ4n) is 1.78. The Labute approximate surface area is 119 Å². The number of nitrogens with one attached hydrogen (secondary N) is 1. The van der Waals surface area contributed by atoms with E-state index in [4.69, 9.17) is 4.42 Å².